The van der Waals surface area contributed by atoms with Gasteiger partial charge in [-0.2, -0.15) is 0 Å². The summed E-state index contributed by atoms with van der Waals surface area (Å²) in [6, 6.07) is 15.4. The summed E-state index contributed by atoms with van der Waals surface area (Å²) >= 11 is 7.20. The summed E-state index contributed by atoms with van der Waals surface area (Å²) in [5, 5.41) is 9.56. The first-order chi connectivity index (χ1) is 10.1. The smallest absolute Gasteiger partial charge is 0.317 e. The lowest BCUT2D eigenvalue weighted by atomic mass is 10.1. The molecular formula is C17H17ClO2S. The number of hydrogen-bond acceptors (Lipinski definition) is 2. The van der Waals surface area contributed by atoms with Crippen LogP contribution in [-0.2, 0) is 17.6 Å². The lowest BCUT2D eigenvalue weighted by molar-refractivity contribution is -0.136. The molecule has 0 heterocycles. The van der Waals surface area contributed by atoms with Crippen molar-refractivity contribution in [3.63, 3.8) is 0 Å². The van der Waals surface area contributed by atoms with E-state index < -0.39 is 11.2 Å². The summed E-state index contributed by atoms with van der Waals surface area (Å²) < 4.78 is 0. The maximum Gasteiger partial charge on any atom is 0.317 e. The Morgan fingerprint density at radius 2 is 1.67 bits per heavy atom. The van der Waals surface area contributed by atoms with Crippen LogP contribution in [0.1, 0.15) is 18.1 Å². The van der Waals surface area contributed by atoms with Gasteiger partial charge in [-0.3, -0.25) is 4.79 Å². The van der Waals surface area contributed by atoms with Gasteiger partial charge in [-0.25, -0.2) is 0 Å². The summed E-state index contributed by atoms with van der Waals surface area (Å²) in [7, 11) is 0. The number of aryl methyl sites for hydroxylation is 1. The molecule has 110 valence electrons. The van der Waals surface area contributed by atoms with Crippen molar-refractivity contribution >= 4 is 29.3 Å². The average Bonchev–Trinajstić information content (AvgIpc) is 2.49. The van der Waals surface area contributed by atoms with E-state index in [1.54, 1.807) is 12.1 Å². The highest BCUT2D eigenvalue weighted by molar-refractivity contribution is 8.00. The first kappa shape index (κ1) is 15.9. The van der Waals surface area contributed by atoms with Crippen LogP contribution in [0, 0.1) is 0 Å². The fraction of sp³-hybridized carbons (Fsp3) is 0.235. The number of aliphatic carboxylic acids is 1. The first-order valence-electron chi connectivity index (χ1n) is 6.81. The quantitative estimate of drug-likeness (QED) is 0.784. The van der Waals surface area contributed by atoms with E-state index in [-0.39, 0.29) is 0 Å². The van der Waals surface area contributed by atoms with Crippen molar-refractivity contribution in [2.24, 2.45) is 0 Å². The first-order valence-corrected chi connectivity index (χ1v) is 8.07. The molecule has 0 saturated carbocycles. The van der Waals surface area contributed by atoms with Gasteiger partial charge in [0.25, 0.3) is 0 Å². The molecule has 1 unspecified atom stereocenters. The third kappa shape index (κ3) is 4.80. The van der Waals surface area contributed by atoms with E-state index in [2.05, 4.69) is 19.1 Å². The lowest BCUT2D eigenvalue weighted by Crippen LogP contribution is -2.19. The van der Waals surface area contributed by atoms with Crippen molar-refractivity contribution in [3.05, 3.63) is 64.7 Å². The minimum Gasteiger partial charge on any atom is -0.480 e. The molecule has 0 spiro atoms. The zero-order valence-corrected chi connectivity index (χ0v) is 13.3. The van der Waals surface area contributed by atoms with Crippen molar-refractivity contribution in [2.75, 3.05) is 0 Å². The molecule has 2 aromatic rings. The van der Waals surface area contributed by atoms with E-state index in [0.717, 1.165) is 16.9 Å². The maximum absolute atomic E-state index is 11.5. The van der Waals surface area contributed by atoms with Crippen LogP contribution in [0.3, 0.4) is 0 Å². The Bertz CT molecular complexity index is 593. The topological polar surface area (TPSA) is 37.3 Å². The van der Waals surface area contributed by atoms with Gasteiger partial charge in [0, 0.05) is 9.92 Å². The Morgan fingerprint density at radius 3 is 2.19 bits per heavy atom. The number of carbonyl (C=O) groups is 1. The standard InChI is InChI=1S/C17H17ClO2S/c1-2-12-3-5-13(6-4-12)11-16(17(19)20)21-15-9-7-14(18)8-10-15/h3-10,16H,2,11H2,1H3,(H,19,20). The SMILES string of the molecule is CCc1ccc(CC(Sc2ccc(Cl)cc2)C(=O)O)cc1. The van der Waals surface area contributed by atoms with Crippen LogP contribution in [0.2, 0.25) is 5.02 Å². The van der Waals surface area contributed by atoms with Crippen LogP contribution in [-0.4, -0.2) is 16.3 Å². The van der Waals surface area contributed by atoms with E-state index in [1.807, 2.05) is 24.3 Å². The van der Waals surface area contributed by atoms with E-state index in [1.165, 1.54) is 17.3 Å². The molecule has 4 heteroatoms. The molecule has 21 heavy (non-hydrogen) atoms. The summed E-state index contributed by atoms with van der Waals surface area (Å²) in [6.45, 7) is 2.10. The molecule has 0 fully saturated rings. The number of carboxylic acid groups (broad SMARTS) is 1. The molecule has 1 atom stereocenters. The number of carboxylic acids is 1. The molecule has 2 rings (SSSR count). The van der Waals surface area contributed by atoms with Crippen LogP contribution in [0.15, 0.2) is 53.4 Å². The van der Waals surface area contributed by atoms with Crippen LogP contribution in [0.5, 0.6) is 0 Å². The Hall–Kier alpha value is -1.45. The number of thioether (sulfide) groups is 1. The second-order valence-electron chi connectivity index (χ2n) is 4.77. The minimum absolute atomic E-state index is 0.501. The lowest BCUT2D eigenvalue weighted by Gasteiger charge is -2.12. The fourth-order valence-corrected chi connectivity index (χ4v) is 3.11. The van der Waals surface area contributed by atoms with E-state index in [9.17, 15) is 9.90 Å². The van der Waals surface area contributed by atoms with Crippen molar-refractivity contribution in [2.45, 2.75) is 29.9 Å². The van der Waals surface area contributed by atoms with Gasteiger partial charge in [-0.1, -0.05) is 42.8 Å². The molecule has 0 radical (unpaired) electrons. The van der Waals surface area contributed by atoms with Gasteiger partial charge < -0.3 is 5.11 Å². The highest BCUT2D eigenvalue weighted by Crippen LogP contribution is 2.27. The Labute approximate surface area is 134 Å². The Morgan fingerprint density at radius 1 is 1.10 bits per heavy atom. The van der Waals surface area contributed by atoms with Gasteiger partial charge in [-0.05, 0) is 48.2 Å². The Kier molecular flexibility index (Phi) is 5.71. The van der Waals surface area contributed by atoms with Crippen molar-refractivity contribution in [1.29, 1.82) is 0 Å². The number of halogens is 1. The van der Waals surface area contributed by atoms with E-state index in [0.29, 0.717) is 11.4 Å². The highest BCUT2D eigenvalue weighted by atomic mass is 35.5. The summed E-state index contributed by atoms with van der Waals surface area (Å²) in [6.07, 6.45) is 1.49. The van der Waals surface area contributed by atoms with Gasteiger partial charge in [0.15, 0.2) is 0 Å². The predicted octanol–water partition coefficient (Wildman–Crippen LogP) is 4.69. The summed E-state index contributed by atoms with van der Waals surface area (Å²) in [4.78, 5) is 12.4. The molecule has 0 bridgehead atoms. The molecule has 0 aromatic heterocycles. The van der Waals surface area contributed by atoms with Crippen molar-refractivity contribution < 1.29 is 9.90 Å². The number of hydrogen-bond donors (Lipinski definition) is 1. The summed E-state index contributed by atoms with van der Waals surface area (Å²) in [5.74, 6) is -0.797. The molecule has 0 saturated heterocycles. The van der Waals surface area contributed by atoms with Crippen LogP contribution >= 0.6 is 23.4 Å². The third-order valence-electron chi connectivity index (χ3n) is 3.22. The van der Waals surface area contributed by atoms with Crippen molar-refractivity contribution in [3.8, 4) is 0 Å². The van der Waals surface area contributed by atoms with Gasteiger partial charge in [0.2, 0.25) is 0 Å². The minimum atomic E-state index is -0.797. The molecule has 1 N–H and O–H groups in total. The van der Waals surface area contributed by atoms with Gasteiger partial charge in [0.05, 0.1) is 0 Å². The predicted molar refractivity (Wildman–Crippen MR) is 88.3 cm³/mol. The molecular weight excluding hydrogens is 304 g/mol. The third-order valence-corrected chi connectivity index (χ3v) is 4.67. The molecule has 0 aliphatic carbocycles. The second kappa shape index (κ2) is 7.53. The number of rotatable bonds is 6. The molecule has 0 aliphatic heterocycles. The second-order valence-corrected chi connectivity index (χ2v) is 6.49. The van der Waals surface area contributed by atoms with Gasteiger partial charge in [-0.15, -0.1) is 11.8 Å². The fourth-order valence-electron chi connectivity index (χ4n) is 1.98. The molecule has 2 aromatic carbocycles. The monoisotopic (exact) mass is 320 g/mol. The van der Waals surface area contributed by atoms with Crippen molar-refractivity contribution in [1.82, 2.24) is 0 Å². The van der Waals surface area contributed by atoms with Crippen LogP contribution < -0.4 is 0 Å². The van der Waals surface area contributed by atoms with Crippen LogP contribution in [0.25, 0.3) is 0 Å². The molecule has 2 nitrogen and oxygen atoms in total. The largest absolute Gasteiger partial charge is 0.480 e. The molecule has 0 aliphatic rings. The zero-order valence-electron chi connectivity index (χ0n) is 11.8. The maximum atomic E-state index is 11.5. The van der Waals surface area contributed by atoms with E-state index in [4.69, 9.17) is 11.6 Å². The van der Waals surface area contributed by atoms with E-state index >= 15 is 0 Å². The summed E-state index contributed by atoms with van der Waals surface area (Å²) in [5.41, 5.74) is 2.30. The Balaban J connectivity index is 2.07. The van der Waals surface area contributed by atoms with Crippen LogP contribution in [0.4, 0.5) is 0 Å². The van der Waals surface area contributed by atoms with Gasteiger partial charge in [0.1, 0.15) is 5.25 Å². The molecule has 0 amide bonds. The normalized spacial score (nSPS) is 12.1. The van der Waals surface area contributed by atoms with Gasteiger partial charge >= 0.3 is 5.97 Å². The zero-order chi connectivity index (χ0) is 15.2. The average molecular weight is 321 g/mol. The number of benzene rings is 2. The highest BCUT2D eigenvalue weighted by Gasteiger charge is 2.19.